The van der Waals surface area contributed by atoms with Crippen molar-refractivity contribution in [3.05, 3.63) is 65.7 Å². The molecule has 1 amide bonds. The highest BCUT2D eigenvalue weighted by atomic mass is 32.2. The topological polar surface area (TPSA) is 40.6 Å². The molecule has 0 radical (unpaired) electrons. The molecule has 0 bridgehead atoms. The van der Waals surface area contributed by atoms with Crippen LogP contribution in [0.1, 0.15) is 30.0 Å². The third kappa shape index (κ3) is 4.95. The van der Waals surface area contributed by atoms with E-state index < -0.39 is 21.3 Å². The highest BCUT2D eigenvalue weighted by molar-refractivity contribution is 8.00. The molecule has 0 spiro atoms. The number of hydrogen-bond donors (Lipinski definition) is 0. The maximum absolute atomic E-state index is 13.4. The van der Waals surface area contributed by atoms with Gasteiger partial charge in [0, 0.05) is 42.7 Å². The van der Waals surface area contributed by atoms with Crippen molar-refractivity contribution in [2.45, 2.75) is 25.1 Å². The lowest BCUT2D eigenvalue weighted by atomic mass is 9.96. The van der Waals surface area contributed by atoms with Gasteiger partial charge in [0.2, 0.25) is 5.91 Å². The van der Waals surface area contributed by atoms with E-state index in [0.29, 0.717) is 49.7 Å². The number of amides is 1. The molecule has 2 fully saturated rings. The number of benzene rings is 2. The minimum atomic E-state index is -4.37. The maximum Gasteiger partial charge on any atom is 0.416 e. The zero-order valence-corrected chi connectivity index (χ0v) is 18.6. The summed E-state index contributed by atoms with van der Waals surface area (Å²) in [6, 6.07) is 14.7. The van der Waals surface area contributed by atoms with Crippen molar-refractivity contribution >= 4 is 27.0 Å². The smallest absolute Gasteiger partial charge is 0.367 e. The number of hydrogen-bond acceptors (Lipinski definition) is 3. The molecule has 2 aromatic rings. The van der Waals surface area contributed by atoms with Crippen LogP contribution >= 0.6 is 0 Å². The summed E-state index contributed by atoms with van der Waals surface area (Å²) < 4.78 is 51.0. The van der Waals surface area contributed by atoms with Crippen LogP contribution < -0.4 is 4.90 Å². The fourth-order valence-corrected chi connectivity index (χ4v) is 6.18. The van der Waals surface area contributed by atoms with Crippen molar-refractivity contribution in [3.63, 3.8) is 0 Å². The van der Waals surface area contributed by atoms with Crippen molar-refractivity contribution in [1.82, 2.24) is 4.90 Å². The second-order valence-corrected chi connectivity index (χ2v) is 11.3. The van der Waals surface area contributed by atoms with Gasteiger partial charge < -0.3 is 9.80 Å². The number of nitrogens with zero attached hydrogens (tertiary/aromatic N) is 2. The van der Waals surface area contributed by atoms with Crippen molar-refractivity contribution in [3.8, 4) is 0 Å². The number of halogens is 3. The summed E-state index contributed by atoms with van der Waals surface area (Å²) in [7, 11) is -2.06. The molecule has 0 N–H and O–H groups in total. The van der Waals surface area contributed by atoms with Crippen LogP contribution in [0.25, 0.3) is 0 Å². The fourth-order valence-electron chi connectivity index (χ4n) is 4.54. The second-order valence-electron chi connectivity index (χ2n) is 8.60. The van der Waals surface area contributed by atoms with E-state index in [1.165, 1.54) is 12.1 Å². The first-order valence-corrected chi connectivity index (χ1v) is 12.8. The highest BCUT2D eigenvalue weighted by Gasteiger charge is 2.37. The Bertz CT molecular complexity index is 1040. The molecule has 32 heavy (non-hydrogen) atoms. The van der Waals surface area contributed by atoms with Gasteiger partial charge in [-0.1, -0.05) is 30.3 Å². The van der Waals surface area contributed by atoms with Gasteiger partial charge in [-0.2, -0.15) is 13.2 Å². The molecule has 172 valence electrons. The highest BCUT2D eigenvalue weighted by Crippen LogP contribution is 2.34. The summed E-state index contributed by atoms with van der Waals surface area (Å²) >= 11 is 0. The lowest BCUT2D eigenvalue weighted by molar-refractivity contribution is -0.139. The number of rotatable bonds is 3. The third-order valence-electron chi connectivity index (χ3n) is 6.43. The molecule has 1 atom stereocenters. The van der Waals surface area contributed by atoms with E-state index in [0.717, 1.165) is 17.7 Å². The predicted molar refractivity (Wildman–Crippen MR) is 122 cm³/mol. The molecule has 2 aliphatic heterocycles. The summed E-state index contributed by atoms with van der Waals surface area (Å²) in [6.07, 6.45) is -3.20. The molecular formula is C24H27F3N2O2S. The Hall–Kier alpha value is -2.48. The third-order valence-corrected chi connectivity index (χ3v) is 8.39. The number of carbonyl (C=O) groups excluding carboxylic acids is 1. The van der Waals surface area contributed by atoms with Crippen LogP contribution in [-0.4, -0.2) is 52.0 Å². The summed E-state index contributed by atoms with van der Waals surface area (Å²) in [6.45, 7) is 1.52. The molecule has 1 unspecified atom stereocenters. The first kappa shape index (κ1) is 22.7. The van der Waals surface area contributed by atoms with Crippen LogP contribution in [0.5, 0.6) is 0 Å². The second kappa shape index (κ2) is 8.81. The summed E-state index contributed by atoms with van der Waals surface area (Å²) in [5.41, 5.74) is 1.03. The standard InChI is InChI=1S/C24H27F3N2O2S/c1-32(31)15-11-19(12-16-32)23(30)29-14-13-28(17-22(29)18-5-3-2-4-6-18)21-9-7-20(8-10-21)24(25,26)27/h2-10,19,22H,1,11-17H2. The molecule has 2 saturated heterocycles. The number of alkyl halides is 3. The van der Waals surface area contributed by atoms with Crippen LogP contribution in [0.4, 0.5) is 18.9 Å². The lowest BCUT2D eigenvalue weighted by Gasteiger charge is -2.44. The minimum Gasteiger partial charge on any atom is -0.367 e. The Morgan fingerprint density at radius 1 is 0.969 bits per heavy atom. The maximum atomic E-state index is 13.4. The molecule has 0 aromatic heterocycles. The van der Waals surface area contributed by atoms with Crippen LogP contribution in [0.2, 0.25) is 0 Å². The van der Waals surface area contributed by atoms with Gasteiger partial charge in [-0.25, -0.2) is 0 Å². The van der Waals surface area contributed by atoms with Gasteiger partial charge in [-0.15, -0.1) is 0 Å². The van der Waals surface area contributed by atoms with E-state index in [1.54, 1.807) is 0 Å². The molecule has 0 aliphatic carbocycles. The largest absolute Gasteiger partial charge is 0.416 e. The van der Waals surface area contributed by atoms with Crippen molar-refractivity contribution < 1.29 is 22.2 Å². The van der Waals surface area contributed by atoms with Gasteiger partial charge in [0.25, 0.3) is 0 Å². The Labute approximate surface area is 187 Å². The normalized spacial score (nSPS) is 26.7. The molecule has 4 rings (SSSR count). The summed E-state index contributed by atoms with van der Waals surface area (Å²) in [5, 5.41) is 0. The van der Waals surface area contributed by atoms with Gasteiger partial charge in [-0.05, 0) is 58.1 Å². The van der Waals surface area contributed by atoms with Crippen LogP contribution in [0, 0.1) is 5.92 Å². The molecule has 0 saturated carbocycles. The van der Waals surface area contributed by atoms with E-state index in [9.17, 15) is 22.2 Å². The Balaban J connectivity index is 1.55. The van der Waals surface area contributed by atoms with Gasteiger partial charge in [0.1, 0.15) is 0 Å². The molecular weight excluding hydrogens is 437 g/mol. The zero-order valence-electron chi connectivity index (χ0n) is 17.8. The van der Waals surface area contributed by atoms with Crippen LogP contribution in [0.15, 0.2) is 54.6 Å². The minimum absolute atomic E-state index is 0.0702. The molecule has 2 aliphatic rings. The average Bonchev–Trinajstić information content (AvgIpc) is 2.78. The SMILES string of the molecule is C=S1(=O)CCC(C(=O)N2CCN(c3ccc(C(F)(F)F)cc3)CC2c2ccccc2)CC1. The average molecular weight is 465 g/mol. The Morgan fingerprint density at radius 3 is 2.19 bits per heavy atom. The number of anilines is 1. The van der Waals surface area contributed by atoms with Gasteiger partial charge in [0.05, 0.1) is 11.6 Å². The Kier molecular flexibility index (Phi) is 6.25. The molecule has 8 heteroatoms. The van der Waals surface area contributed by atoms with Crippen molar-refractivity contribution in [1.29, 1.82) is 0 Å². The van der Waals surface area contributed by atoms with Gasteiger partial charge in [-0.3, -0.25) is 9.00 Å². The van der Waals surface area contributed by atoms with Gasteiger partial charge in [0.15, 0.2) is 0 Å². The fraction of sp³-hybridized carbons (Fsp3) is 0.417. The van der Waals surface area contributed by atoms with E-state index >= 15 is 0 Å². The quantitative estimate of drug-likeness (QED) is 0.639. The Morgan fingerprint density at radius 2 is 1.59 bits per heavy atom. The first-order chi connectivity index (χ1) is 15.1. The zero-order chi connectivity index (χ0) is 22.9. The van der Waals surface area contributed by atoms with E-state index in [2.05, 4.69) is 5.87 Å². The van der Waals surface area contributed by atoms with E-state index in [-0.39, 0.29) is 17.9 Å². The summed E-state index contributed by atoms with van der Waals surface area (Å²) in [5.74, 6) is 4.66. The predicted octanol–water partition coefficient (Wildman–Crippen LogP) is 4.22. The van der Waals surface area contributed by atoms with E-state index in [1.807, 2.05) is 40.1 Å². The first-order valence-electron chi connectivity index (χ1n) is 10.7. The van der Waals surface area contributed by atoms with Crippen LogP contribution in [-0.2, 0) is 20.5 Å². The number of carbonyl (C=O) groups is 1. The van der Waals surface area contributed by atoms with Crippen LogP contribution in [0.3, 0.4) is 0 Å². The molecule has 2 aromatic carbocycles. The molecule has 2 heterocycles. The van der Waals surface area contributed by atoms with Crippen molar-refractivity contribution in [2.75, 3.05) is 36.0 Å². The summed E-state index contributed by atoms with van der Waals surface area (Å²) in [4.78, 5) is 17.3. The monoisotopic (exact) mass is 464 g/mol. The molecule has 4 nitrogen and oxygen atoms in total. The van der Waals surface area contributed by atoms with E-state index in [4.69, 9.17) is 0 Å². The van der Waals surface area contributed by atoms with Crippen molar-refractivity contribution in [2.24, 2.45) is 5.92 Å². The van der Waals surface area contributed by atoms with Gasteiger partial charge >= 0.3 is 6.18 Å². The lowest BCUT2D eigenvalue weighted by Crippen LogP contribution is -2.53. The number of piperazine rings is 1.